The largest absolute Gasteiger partial charge is 0.507 e. The van der Waals surface area contributed by atoms with Crippen LogP contribution in [0.25, 0.3) is 0 Å². The second-order valence-corrected chi connectivity index (χ2v) is 3.70. The van der Waals surface area contributed by atoms with E-state index in [2.05, 4.69) is 5.32 Å². The summed E-state index contributed by atoms with van der Waals surface area (Å²) in [6.07, 6.45) is 0. The van der Waals surface area contributed by atoms with Crippen molar-refractivity contribution in [2.45, 2.75) is 0 Å². The van der Waals surface area contributed by atoms with E-state index in [1.54, 1.807) is 12.1 Å². The van der Waals surface area contributed by atoms with Gasteiger partial charge in [0.2, 0.25) is 0 Å². The van der Waals surface area contributed by atoms with E-state index >= 15 is 0 Å². The van der Waals surface area contributed by atoms with Crippen molar-refractivity contribution in [3.05, 3.63) is 53.8 Å². The number of phenolic OH excluding ortho intramolecular Hbond substituents is 1. The molecular weight excluding hydrogens is 235 g/mol. The number of carbonyl (C=O) groups is 1. The molecule has 0 saturated heterocycles. The number of nitrogens with one attached hydrogen (secondary N) is 1. The van der Waals surface area contributed by atoms with Crippen molar-refractivity contribution in [3.8, 4) is 5.75 Å². The number of hydrogen-bond donors (Lipinski definition) is 3. The number of nitrogens with two attached hydrogens (primary N) is 1. The van der Waals surface area contributed by atoms with E-state index in [9.17, 15) is 14.3 Å². The van der Waals surface area contributed by atoms with Gasteiger partial charge in [0.25, 0.3) is 5.91 Å². The average molecular weight is 246 g/mol. The summed E-state index contributed by atoms with van der Waals surface area (Å²) in [6.45, 7) is 0. The van der Waals surface area contributed by atoms with Gasteiger partial charge in [-0.15, -0.1) is 0 Å². The lowest BCUT2D eigenvalue weighted by atomic mass is 10.2. The number of carbonyl (C=O) groups excluding carboxylic acids is 1. The Kier molecular flexibility index (Phi) is 3.14. The Hall–Kier alpha value is -2.56. The van der Waals surface area contributed by atoms with Crippen LogP contribution in [0.5, 0.6) is 5.75 Å². The smallest absolute Gasteiger partial charge is 0.259 e. The second kappa shape index (κ2) is 4.75. The van der Waals surface area contributed by atoms with Gasteiger partial charge < -0.3 is 16.2 Å². The van der Waals surface area contributed by atoms with E-state index < -0.39 is 11.7 Å². The Morgan fingerprint density at radius 3 is 2.61 bits per heavy atom. The topological polar surface area (TPSA) is 75.3 Å². The molecule has 0 unspecified atom stereocenters. The summed E-state index contributed by atoms with van der Waals surface area (Å²) in [4.78, 5) is 11.9. The molecule has 1 amide bonds. The zero-order valence-corrected chi connectivity index (χ0v) is 9.35. The molecule has 5 heteroatoms. The van der Waals surface area contributed by atoms with Crippen molar-refractivity contribution in [1.82, 2.24) is 0 Å². The highest BCUT2D eigenvalue weighted by Gasteiger charge is 2.11. The number of benzene rings is 2. The molecule has 0 radical (unpaired) electrons. The number of hydrogen-bond acceptors (Lipinski definition) is 3. The molecule has 0 aliphatic heterocycles. The lowest BCUT2D eigenvalue weighted by molar-refractivity contribution is 0.102. The van der Waals surface area contributed by atoms with E-state index in [-0.39, 0.29) is 17.0 Å². The number of rotatable bonds is 2. The van der Waals surface area contributed by atoms with Crippen molar-refractivity contribution in [2.24, 2.45) is 0 Å². The standard InChI is InChI=1S/C13H11FN2O2/c14-8-5-6-11(10(15)7-8)16-13(18)9-3-1-2-4-12(9)17/h1-7,17H,15H2,(H,16,18). The van der Waals surface area contributed by atoms with Crippen molar-refractivity contribution in [2.75, 3.05) is 11.1 Å². The molecule has 2 aromatic carbocycles. The Labute approximate surface area is 103 Å². The van der Waals surface area contributed by atoms with Crippen LogP contribution in [0, 0.1) is 5.82 Å². The average Bonchev–Trinajstić information content (AvgIpc) is 2.33. The summed E-state index contributed by atoms with van der Waals surface area (Å²) >= 11 is 0. The van der Waals surface area contributed by atoms with Crippen LogP contribution in [0.2, 0.25) is 0 Å². The third kappa shape index (κ3) is 2.40. The molecule has 0 bridgehead atoms. The van der Waals surface area contributed by atoms with E-state index in [4.69, 9.17) is 5.73 Å². The van der Waals surface area contributed by atoms with E-state index in [0.29, 0.717) is 5.69 Å². The number of anilines is 2. The van der Waals surface area contributed by atoms with Crippen molar-refractivity contribution >= 4 is 17.3 Å². The van der Waals surface area contributed by atoms with Crippen LogP contribution in [0.1, 0.15) is 10.4 Å². The molecule has 4 nitrogen and oxygen atoms in total. The van der Waals surface area contributed by atoms with Gasteiger partial charge in [0.15, 0.2) is 0 Å². The maximum Gasteiger partial charge on any atom is 0.259 e. The normalized spacial score (nSPS) is 10.1. The molecule has 0 fully saturated rings. The molecule has 2 rings (SSSR count). The molecule has 92 valence electrons. The molecule has 4 N–H and O–H groups in total. The third-order valence-corrected chi connectivity index (χ3v) is 2.41. The zero-order chi connectivity index (χ0) is 13.1. The first kappa shape index (κ1) is 11.9. The number of phenols is 1. The van der Waals surface area contributed by atoms with Gasteiger partial charge in [0, 0.05) is 0 Å². The molecule has 0 spiro atoms. The maximum atomic E-state index is 12.8. The maximum absolute atomic E-state index is 12.8. The molecule has 0 heterocycles. The van der Waals surface area contributed by atoms with Gasteiger partial charge in [0.05, 0.1) is 16.9 Å². The van der Waals surface area contributed by atoms with Crippen LogP contribution in [-0.2, 0) is 0 Å². The van der Waals surface area contributed by atoms with Gasteiger partial charge in [-0.1, -0.05) is 12.1 Å². The Bertz CT molecular complexity index is 599. The molecule has 0 saturated carbocycles. The van der Waals surface area contributed by atoms with Gasteiger partial charge in [-0.3, -0.25) is 4.79 Å². The fourth-order valence-corrected chi connectivity index (χ4v) is 1.50. The van der Waals surface area contributed by atoms with Gasteiger partial charge in [-0.05, 0) is 30.3 Å². The number of halogens is 1. The fourth-order valence-electron chi connectivity index (χ4n) is 1.50. The minimum Gasteiger partial charge on any atom is -0.507 e. The summed E-state index contributed by atoms with van der Waals surface area (Å²) in [7, 11) is 0. The highest BCUT2D eigenvalue weighted by molar-refractivity contribution is 6.07. The summed E-state index contributed by atoms with van der Waals surface area (Å²) < 4.78 is 12.8. The molecular formula is C13H11FN2O2. The van der Waals surface area contributed by atoms with Crippen LogP contribution >= 0.6 is 0 Å². The highest BCUT2D eigenvalue weighted by atomic mass is 19.1. The van der Waals surface area contributed by atoms with Gasteiger partial charge in [-0.25, -0.2) is 4.39 Å². The minimum atomic E-state index is -0.508. The first-order valence-electron chi connectivity index (χ1n) is 5.22. The number of para-hydroxylation sites is 1. The van der Waals surface area contributed by atoms with E-state index in [0.717, 1.165) is 6.07 Å². The molecule has 2 aromatic rings. The number of amides is 1. The summed E-state index contributed by atoms with van der Waals surface area (Å²) in [5, 5.41) is 12.0. The van der Waals surface area contributed by atoms with Gasteiger partial charge in [-0.2, -0.15) is 0 Å². The molecule has 18 heavy (non-hydrogen) atoms. The van der Waals surface area contributed by atoms with Crippen LogP contribution in [0.15, 0.2) is 42.5 Å². The van der Waals surface area contributed by atoms with E-state index in [1.165, 1.54) is 24.3 Å². The van der Waals surface area contributed by atoms with Crippen LogP contribution in [0.4, 0.5) is 15.8 Å². The highest BCUT2D eigenvalue weighted by Crippen LogP contribution is 2.22. The quantitative estimate of drug-likeness (QED) is 0.712. The Morgan fingerprint density at radius 2 is 1.94 bits per heavy atom. The Balaban J connectivity index is 2.24. The lowest BCUT2D eigenvalue weighted by Crippen LogP contribution is -2.13. The monoisotopic (exact) mass is 246 g/mol. The summed E-state index contributed by atoms with van der Waals surface area (Å²) in [5.74, 6) is -1.12. The summed E-state index contributed by atoms with van der Waals surface area (Å²) in [6, 6.07) is 9.79. The SMILES string of the molecule is Nc1cc(F)ccc1NC(=O)c1ccccc1O. The third-order valence-electron chi connectivity index (χ3n) is 2.41. The lowest BCUT2D eigenvalue weighted by Gasteiger charge is -2.09. The van der Waals surface area contributed by atoms with Crippen LogP contribution in [-0.4, -0.2) is 11.0 Å². The number of nitrogen functional groups attached to an aromatic ring is 1. The predicted molar refractivity (Wildman–Crippen MR) is 66.9 cm³/mol. The van der Waals surface area contributed by atoms with E-state index in [1.807, 2.05) is 0 Å². The zero-order valence-electron chi connectivity index (χ0n) is 9.35. The molecule has 0 aliphatic carbocycles. The van der Waals surface area contributed by atoms with Crippen molar-refractivity contribution < 1.29 is 14.3 Å². The van der Waals surface area contributed by atoms with Crippen molar-refractivity contribution in [3.63, 3.8) is 0 Å². The minimum absolute atomic E-state index is 0.124. The first-order chi connectivity index (χ1) is 8.58. The Morgan fingerprint density at radius 1 is 1.22 bits per heavy atom. The number of aromatic hydroxyl groups is 1. The molecule has 0 aromatic heterocycles. The van der Waals surface area contributed by atoms with Crippen LogP contribution in [0.3, 0.4) is 0 Å². The fraction of sp³-hybridized carbons (Fsp3) is 0. The molecule has 0 aliphatic rings. The van der Waals surface area contributed by atoms with Gasteiger partial charge in [0.1, 0.15) is 11.6 Å². The van der Waals surface area contributed by atoms with Crippen molar-refractivity contribution in [1.29, 1.82) is 0 Å². The second-order valence-electron chi connectivity index (χ2n) is 3.70. The van der Waals surface area contributed by atoms with Crippen LogP contribution < -0.4 is 11.1 Å². The summed E-state index contributed by atoms with van der Waals surface area (Å²) in [5.41, 5.74) is 6.11. The predicted octanol–water partition coefficient (Wildman–Crippen LogP) is 2.37. The first-order valence-corrected chi connectivity index (χ1v) is 5.22. The molecule has 0 atom stereocenters. The van der Waals surface area contributed by atoms with Gasteiger partial charge >= 0.3 is 0 Å².